The third-order valence-electron chi connectivity index (χ3n) is 4.41. The molecule has 0 radical (unpaired) electrons. The van der Waals surface area contributed by atoms with Crippen molar-refractivity contribution in [1.82, 2.24) is 10.2 Å². The quantitative estimate of drug-likeness (QED) is 0.831. The van der Waals surface area contributed by atoms with Crippen molar-refractivity contribution in [3.05, 3.63) is 35.1 Å². The molecule has 2 fully saturated rings. The fraction of sp³-hybridized carbons (Fsp3) is 0.467. The third-order valence-corrected chi connectivity index (χ3v) is 4.41. The van der Waals surface area contributed by atoms with Crippen LogP contribution in [0.5, 0.6) is 0 Å². The number of carbonyl (C=O) groups excluding carboxylic acids is 2. The van der Waals surface area contributed by atoms with Crippen LogP contribution in [-0.4, -0.2) is 22.4 Å². The van der Waals surface area contributed by atoms with Gasteiger partial charge in [0, 0.05) is 17.7 Å². The van der Waals surface area contributed by atoms with Gasteiger partial charge in [-0.2, -0.15) is 0 Å². The first kappa shape index (κ1) is 14.0. The van der Waals surface area contributed by atoms with E-state index in [0.717, 1.165) is 17.7 Å². The molecule has 0 atom stereocenters. The van der Waals surface area contributed by atoms with Gasteiger partial charge in [0.2, 0.25) is 0 Å². The zero-order valence-electron chi connectivity index (χ0n) is 11.7. The average molecular weight is 291 g/mol. The van der Waals surface area contributed by atoms with Crippen LogP contribution in [0.2, 0.25) is 0 Å². The number of nitrogens with one attached hydrogen (secondary N) is 1. The van der Waals surface area contributed by atoms with Gasteiger partial charge in [-0.25, -0.2) is 9.18 Å². The first-order valence-electron chi connectivity index (χ1n) is 7.18. The summed E-state index contributed by atoms with van der Waals surface area (Å²) in [6.45, 7) is 0.0375. The summed E-state index contributed by atoms with van der Waals surface area (Å²) in [4.78, 5) is 25.7. The van der Waals surface area contributed by atoms with Crippen molar-refractivity contribution in [3.63, 3.8) is 0 Å². The van der Waals surface area contributed by atoms with Crippen molar-refractivity contribution in [2.75, 3.05) is 0 Å². The van der Waals surface area contributed by atoms with Crippen LogP contribution in [-0.2, 0) is 17.9 Å². The molecule has 3 N–H and O–H groups in total. The lowest BCUT2D eigenvalue weighted by atomic mass is 9.98. The van der Waals surface area contributed by atoms with Gasteiger partial charge in [-0.05, 0) is 12.8 Å². The predicted octanol–water partition coefficient (Wildman–Crippen LogP) is 1.65. The Kier molecular flexibility index (Phi) is 3.41. The molecular weight excluding hydrogens is 273 g/mol. The zero-order valence-corrected chi connectivity index (χ0v) is 11.7. The van der Waals surface area contributed by atoms with E-state index in [0.29, 0.717) is 24.0 Å². The summed E-state index contributed by atoms with van der Waals surface area (Å²) < 4.78 is 14.2. The summed E-state index contributed by atoms with van der Waals surface area (Å²) in [5.74, 6) is -0.671. The summed E-state index contributed by atoms with van der Waals surface area (Å²) in [6.07, 6.45) is 3.19. The second-order valence-corrected chi connectivity index (χ2v) is 5.71. The van der Waals surface area contributed by atoms with Crippen LogP contribution < -0.4 is 11.1 Å². The van der Waals surface area contributed by atoms with Crippen molar-refractivity contribution in [3.8, 4) is 0 Å². The number of imide groups is 1. The van der Waals surface area contributed by atoms with Crippen molar-refractivity contribution in [1.29, 1.82) is 0 Å². The molecule has 1 saturated carbocycles. The van der Waals surface area contributed by atoms with Crippen LogP contribution in [0.3, 0.4) is 0 Å². The van der Waals surface area contributed by atoms with Gasteiger partial charge in [-0.15, -0.1) is 0 Å². The number of hydrogen-bond donors (Lipinski definition) is 2. The molecular formula is C15H18FN3O2. The fourth-order valence-corrected chi connectivity index (χ4v) is 3.22. The SMILES string of the molecule is NCc1cccc(CN2C(=O)NC3(CCCC3)C2=O)c1F. The van der Waals surface area contributed by atoms with Crippen LogP contribution in [0.4, 0.5) is 9.18 Å². The van der Waals surface area contributed by atoms with Crippen LogP contribution in [0.15, 0.2) is 18.2 Å². The molecule has 1 aromatic rings. The van der Waals surface area contributed by atoms with Gasteiger partial charge in [-0.1, -0.05) is 31.0 Å². The van der Waals surface area contributed by atoms with E-state index < -0.39 is 17.4 Å². The minimum absolute atomic E-state index is 0.0495. The average Bonchev–Trinajstić information content (AvgIpc) is 3.02. The Hall–Kier alpha value is -1.95. The molecule has 6 heteroatoms. The molecule has 1 spiro atoms. The maximum atomic E-state index is 14.2. The number of urea groups is 1. The molecule has 5 nitrogen and oxygen atoms in total. The van der Waals surface area contributed by atoms with E-state index in [2.05, 4.69) is 5.32 Å². The largest absolute Gasteiger partial charge is 0.326 e. The van der Waals surface area contributed by atoms with E-state index in [1.54, 1.807) is 18.2 Å². The number of rotatable bonds is 3. The van der Waals surface area contributed by atoms with E-state index in [9.17, 15) is 14.0 Å². The van der Waals surface area contributed by atoms with E-state index in [1.165, 1.54) is 0 Å². The number of carbonyl (C=O) groups is 2. The lowest BCUT2D eigenvalue weighted by Crippen LogP contribution is -2.44. The number of hydrogen-bond acceptors (Lipinski definition) is 3. The molecule has 1 aliphatic heterocycles. The van der Waals surface area contributed by atoms with Crippen LogP contribution >= 0.6 is 0 Å². The van der Waals surface area contributed by atoms with E-state index >= 15 is 0 Å². The summed E-state index contributed by atoms with van der Waals surface area (Å²) in [5.41, 5.74) is 5.43. The number of benzene rings is 1. The van der Waals surface area contributed by atoms with Gasteiger partial charge in [-0.3, -0.25) is 9.69 Å². The molecule has 112 valence electrons. The second-order valence-electron chi connectivity index (χ2n) is 5.71. The van der Waals surface area contributed by atoms with E-state index in [1.807, 2.05) is 0 Å². The molecule has 21 heavy (non-hydrogen) atoms. The molecule has 1 aliphatic carbocycles. The van der Waals surface area contributed by atoms with Gasteiger partial charge in [0.25, 0.3) is 5.91 Å². The lowest BCUT2D eigenvalue weighted by Gasteiger charge is -2.20. The molecule has 1 saturated heterocycles. The van der Waals surface area contributed by atoms with Crippen LogP contribution in [0.25, 0.3) is 0 Å². The smallest absolute Gasteiger partial charge is 0.325 e. The minimum atomic E-state index is -0.751. The maximum Gasteiger partial charge on any atom is 0.325 e. The molecule has 1 heterocycles. The van der Waals surface area contributed by atoms with Gasteiger partial charge >= 0.3 is 6.03 Å². The molecule has 3 rings (SSSR count). The molecule has 0 aromatic heterocycles. The highest BCUT2D eigenvalue weighted by Crippen LogP contribution is 2.35. The highest BCUT2D eigenvalue weighted by atomic mass is 19.1. The monoisotopic (exact) mass is 291 g/mol. The molecule has 0 unspecified atom stereocenters. The Morgan fingerprint density at radius 1 is 1.24 bits per heavy atom. The molecule has 0 bridgehead atoms. The predicted molar refractivity (Wildman–Crippen MR) is 74.6 cm³/mol. The van der Waals surface area contributed by atoms with Crippen LogP contribution in [0.1, 0.15) is 36.8 Å². The molecule has 1 aromatic carbocycles. The summed E-state index contributed by atoms with van der Waals surface area (Å²) in [5, 5.41) is 2.79. The topological polar surface area (TPSA) is 75.4 Å². The van der Waals surface area contributed by atoms with Gasteiger partial charge in [0.15, 0.2) is 0 Å². The van der Waals surface area contributed by atoms with E-state index in [-0.39, 0.29) is 19.0 Å². The summed E-state index contributed by atoms with van der Waals surface area (Å²) in [7, 11) is 0. The van der Waals surface area contributed by atoms with Crippen molar-refractivity contribution >= 4 is 11.9 Å². The normalized spacial score (nSPS) is 20.4. The second kappa shape index (κ2) is 5.11. The maximum absolute atomic E-state index is 14.2. The van der Waals surface area contributed by atoms with Gasteiger partial charge < -0.3 is 11.1 Å². The number of amides is 3. The highest BCUT2D eigenvalue weighted by Gasteiger charge is 2.52. The van der Waals surface area contributed by atoms with Crippen molar-refractivity contribution < 1.29 is 14.0 Å². The highest BCUT2D eigenvalue weighted by molar-refractivity contribution is 6.07. The molecule has 3 amide bonds. The minimum Gasteiger partial charge on any atom is -0.326 e. The number of nitrogens with zero attached hydrogens (tertiary/aromatic N) is 1. The summed E-state index contributed by atoms with van der Waals surface area (Å²) >= 11 is 0. The standard InChI is InChI=1S/C15H18FN3O2/c16-12-10(8-17)4-3-5-11(12)9-19-13(20)15(18-14(19)21)6-1-2-7-15/h3-5H,1-2,6-9,17H2,(H,18,21). The third kappa shape index (κ3) is 2.19. The fourth-order valence-electron chi connectivity index (χ4n) is 3.22. The van der Waals surface area contributed by atoms with E-state index in [4.69, 9.17) is 5.73 Å². The number of halogens is 1. The Balaban J connectivity index is 1.85. The van der Waals surface area contributed by atoms with Crippen molar-refractivity contribution in [2.24, 2.45) is 5.73 Å². The zero-order chi connectivity index (χ0) is 15.0. The van der Waals surface area contributed by atoms with Crippen molar-refractivity contribution in [2.45, 2.75) is 44.3 Å². The first-order chi connectivity index (χ1) is 10.1. The molecule has 2 aliphatic rings. The Morgan fingerprint density at radius 3 is 2.57 bits per heavy atom. The first-order valence-corrected chi connectivity index (χ1v) is 7.18. The lowest BCUT2D eigenvalue weighted by molar-refractivity contribution is -0.131. The Bertz CT molecular complexity index is 597. The van der Waals surface area contributed by atoms with Gasteiger partial charge in [0.1, 0.15) is 11.4 Å². The van der Waals surface area contributed by atoms with Gasteiger partial charge in [0.05, 0.1) is 6.54 Å². The Morgan fingerprint density at radius 2 is 1.90 bits per heavy atom. The van der Waals surface area contributed by atoms with Crippen LogP contribution in [0, 0.1) is 5.82 Å². The Labute approximate surface area is 122 Å². The summed E-state index contributed by atoms with van der Waals surface area (Å²) in [6, 6.07) is 4.43. The number of nitrogens with two attached hydrogens (primary N) is 1.